The van der Waals surface area contributed by atoms with Gasteiger partial charge in [0.05, 0.1) is 0 Å². The number of carbonyl (C=O) groups is 1. The van der Waals surface area contributed by atoms with E-state index in [4.69, 9.17) is 5.73 Å². The second-order valence-electron chi connectivity index (χ2n) is 6.01. The van der Waals surface area contributed by atoms with Crippen LogP contribution in [0.5, 0.6) is 5.75 Å². The molecule has 0 aliphatic carbocycles. The summed E-state index contributed by atoms with van der Waals surface area (Å²) in [6.45, 7) is 2.39. The monoisotopic (exact) mass is 326 g/mol. The van der Waals surface area contributed by atoms with Gasteiger partial charge in [0.25, 0.3) is 0 Å². The van der Waals surface area contributed by atoms with Crippen molar-refractivity contribution in [2.24, 2.45) is 5.73 Å². The number of nitrogens with two attached hydrogens (primary N) is 1. The molecule has 1 aromatic carbocycles. The zero-order valence-corrected chi connectivity index (χ0v) is 13.5. The van der Waals surface area contributed by atoms with E-state index >= 15 is 0 Å². The minimum Gasteiger partial charge on any atom is -0.508 e. The molecule has 0 saturated carbocycles. The van der Waals surface area contributed by atoms with Gasteiger partial charge in [0.15, 0.2) is 0 Å². The molecule has 24 heavy (non-hydrogen) atoms. The standard InChI is InChI=1S/C18H22N4O2/c19-17(24)8-7-15-13-21(18-6-1-2-9-20-18)10-11-22(15)14-4-3-5-16(23)12-14/h1-6,9,12,15,23H,7-8,10-11,13H2,(H2,19,24). The summed E-state index contributed by atoms with van der Waals surface area (Å²) in [5.74, 6) is 0.895. The van der Waals surface area contributed by atoms with E-state index in [2.05, 4.69) is 14.8 Å². The molecule has 1 amide bonds. The summed E-state index contributed by atoms with van der Waals surface area (Å²) in [6.07, 6.45) is 2.81. The summed E-state index contributed by atoms with van der Waals surface area (Å²) in [4.78, 5) is 20.1. The van der Waals surface area contributed by atoms with Crippen molar-refractivity contribution in [3.63, 3.8) is 0 Å². The number of carbonyl (C=O) groups excluding carboxylic acids is 1. The minimum atomic E-state index is -0.291. The maximum atomic E-state index is 11.2. The Morgan fingerprint density at radius 2 is 2.12 bits per heavy atom. The number of phenolic OH excluding ortho intramolecular Hbond substituents is 1. The van der Waals surface area contributed by atoms with E-state index in [0.29, 0.717) is 12.8 Å². The number of aromatic nitrogens is 1. The number of rotatable bonds is 5. The molecule has 1 aliphatic heterocycles. The van der Waals surface area contributed by atoms with Crippen LogP contribution in [0.15, 0.2) is 48.7 Å². The molecule has 3 rings (SSSR count). The van der Waals surface area contributed by atoms with E-state index in [-0.39, 0.29) is 17.7 Å². The van der Waals surface area contributed by atoms with Crippen LogP contribution in [0.4, 0.5) is 11.5 Å². The summed E-state index contributed by atoms with van der Waals surface area (Å²) < 4.78 is 0. The summed E-state index contributed by atoms with van der Waals surface area (Å²) in [7, 11) is 0. The Morgan fingerprint density at radius 1 is 1.25 bits per heavy atom. The van der Waals surface area contributed by atoms with Crippen LogP contribution in [-0.4, -0.2) is 41.7 Å². The first-order valence-electron chi connectivity index (χ1n) is 8.13. The fraction of sp³-hybridized carbons (Fsp3) is 0.333. The van der Waals surface area contributed by atoms with E-state index in [1.54, 1.807) is 18.3 Å². The molecular weight excluding hydrogens is 304 g/mol. The van der Waals surface area contributed by atoms with Gasteiger partial charge in [-0.05, 0) is 30.7 Å². The van der Waals surface area contributed by atoms with Gasteiger partial charge >= 0.3 is 0 Å². The van der Waals surface area contributed by atoms with Gasteiger partial charge in [0.1, 0.15) is 11.6 Å². The highest BCUT2D eigenvalue weighted by atomic mass is 16.3. The van der Waals surface area contributed by atoms with Gasteiger partial charge in [-0.25, -0.2) is 4.98 Å². The molecule has 1 atom stereocenters. The smallest absolute Gasteiger partial charge is 0.217 e. The second kappa shape index (κ2) is 7.21. The van der Waals surface area contributed by atoms with Crippen LogP contribution in [0, 0.1) is 0 Å². The number of pyridine rings is 1. The molecule has 126 valence electrons. The van der Waals surface area contributed by atoms with Gasteiger partial charge in [-0.2, -0.15) is 0 Å². The number of primary amides is 1. The molecule has 1 fully saturated rings. The van der Waals surface area contributed by atoms with Crippen LogP contribution < -0.4 is 15.5 Å². The highest BCUT2D eigenvalue weighted by Crippen LogP contribution is 2.27. The van der Waals surface area contributed by atoms with Gasteiger partial charge in [0.2, 0.25) is 5.91 Å². The second-order valence-corrected chi connectivity index (χ2v) is 6.01. The van der Waals surface area contributed by atoms with E-state index in [0.717, 1.165) is 31.1 Å². The third-order valence-electron chi connectivity index (χ3n) is 4.34. The zero-order valence-electron chi connectivity index (χ0n) is 13.5. The number of piperazine rings is 1. The van der Waals surface area contributed by atoms with Crippen LogP contribution >= 0.6 is 0 Å². The minimum absolute atomic E-state index is 0.134. The van der Waals surface area contributed by atoms with E-state index in [1.807, 2.05) is 30.3 Å². The van der Waals surface area contributed by atoms with Crippen molar-refractivity contribution in [3.8, 4) is 5.75 Å². The van der Waals surface area contributed by atoms with Crippen molar-refractivity contribution in [2.45, 2.75) is 18.9 Å². The average molecular weight is 326 g/mol. The summed E-state index contributed by atoms with van der Waals surface area (Å²) >= 11 is 0. The highest BCUT2D eigenvalue weighted by molar-refractivity contribution is 5.73. The van der Waals surface area contributed by atoms with Crippen LogP contribution in [0.25, 0.3) is 0 Å². The summed E-state index contributed by atoms with van der Waals surface area (Å²) in [6, 6.07) is 13.2. The Balaban J connectivity index is 1.80. The van der Waals surface area contributed by atoms with E-state index in [1.165, 1.54) is 0 Å². The molecule has 2 heterocycles. The van der Waals surface area contributed by atoms with Gasteiger partial charge in [-0.3, -0.25) is 4.79 Å². The van der Waals surface area contributed by atoms with Crippen LogP contribution in [-0.2, 0) is 4.79 Å². The van der Waals surface area contributed by atoms with Crippen molar-refractivity contribution >= 4 is 17.4 Å². The molecule has 0 radical (unpaired) electrons. The van der Waals surface area contributed by atoms with Gasteiger partial charge in [-0.15, -0.1) is 0 Å². The number of phenols is 1. The molecule has 1 unspecified atom stereocenters. The molecule has 3 N–H and O–H groups in total. The Labute approximate surface area is 141 Å². The maximum absolute atomic E-state index is 11.2. The normalized spacial score (nSPS) is 17.8. The Kier molecular flexibility index (Phi) is 4.84. The number of anilines is 2. The molecule has 2 aromatic rings. The zero-order chi connectivity index (χ0) is 16.9. The van der Waals surface area contributed by atoms with Crippen LogP contribution in [0.2, 0.25) is 0 Å². The fourth-order valence-electron chi connectivity index (χ4n) is 3.17. The summed E-state index contributed by atoms with van der Waals surface area (Å²) in [5.41, 5.74) is 6.30. The van der Waals surface area contributed by atoms with Crippen molar-refractivity contribution in [1.29, 1.82) is 0 Å². The van der Waals surface area contributed by atoms with Crippen molar-refractivity contribution < 1.29 is 9.90 Å². The lowest BCUT2D eigenvalue weighted by molar-refractivity contribution is -0.118. The molecule has 1 saturated heterocycles. The molecule has 1 aliphatic rings. The Morgan fingerprint density at radius 3 is 2.83 bits per heavy atom. The predicted octanol–water partition coefficient (Wildman–Crippen LogP) is 1.75. The number of benzene rings is 1. The number of hydrogen-bond donors (Lipinski definition) is 2. The predicted molar refractivity (Wildman–Crippen MR) is 94.1 cm³/mol. The lowest BCUT2D eigenvalue weighted by atomic mass is 10.0. The van der Waals surface area contributed by atoms with Gasteiger partial charge in [0, 0.05) is 50.0 Å². The van der Waals surface area contributed by atoms with E-state index < -0.39 is 0 Å². The fourth-order valence-corrected chi connectivity index (χ4v) is 3.17. The first-order chi connectivity index (χ1) is 11.6. The van der Waals surface area contributed by atoms with Crippen LogP contribution in [0.3, 0.4) is 0 Å². The number of aromatic hydroxyl groups is 1. The molecular formula is C18H22N4O2. The van der Waals surface area contributed by atoms with Crippen molar-refractivity contribution in [1.82, 2.24) is 4.98 Å². The molecule has 0 spiro atoms. The third-order valence-corrected chi connectivity index (χ3v) is 4.34. The lowest BCUT2D eigenvalue weighted by Crippen LogP contribution is -2.54. The molecule has 6 nitrogen and oxygen atoms in total. The Bertz CT molecular complexity index is 692. The van der Waals surface area contributed by atoms with Crippen molar-refractivity contribution in [2.75, 3.05) is 29.4 Å². The first kappa shape index (κ1) is 16.1. The van der Waals surface area contributed by atoms with Gasteiger partial charge < -0.3 is 20.6 Å². The third kappa shape index (κ3) is 3.76. The number of amides is 1. The van der Waals surface area contributed by atoms with E-state index in [9.17, 15) is 9.90 Å². The topological polar surface area (TPSA) is 82.7 Å². The summed E-state index contributed by atoms with van der Waals surface area (Å²) in [5, 5.41) is 9.76. The van der Waals surface area contributed by atoms with Crippen molar-refractivity contribution in [3.05, 3.63) is 48.7 Å². The SMILES string of the molecule is NC(=O)CCC1CN(c2ccccn2)CCN1c1cccc(O)c1. The maximum Gasteiger partial charge on any atom is 0.217 e. The first-order valence-corrected chi connectivity index (χ1v) is 8.13. The highest BCUT2D eigenvalue weighted by Gasteiger charge is 2.28. The average Bonchev–Trinajstić information content (AvgIpc) is 2.60. The number of hydrogen-bond acceptors (Lipinski definition) is 5. The quantitative estimate of drug-likeness (QED) is 0.875. The van der Waals surface area contributed by atoms with Crippen LogP contribution in [0.1, 0.15) is 12.8 Å². The number of nitrogens with zero attached hydrogens (tertiary/aromatic N) is 3. The largest absolute Gasteiger partial charge is 0.508 e. The molecule has 6 heteroatoms. The van der Waals surface area contributed by atoms with Gasteiger partial charge in [-0.1, -0.05) is 12.1 Å². The lowest BCUT2D eigenvalue weighted by Gasteiger charge is -2.43. The molecule has 1 aromatic heterocycles. The molecule has 0 bridgehead atoms. The Hall–Kier alpha value is -2.76.